The average Bonchev–Trinajstić information content (AvgIpc) is 3.25. The molecular weight excluding hydrogens is 440 g/mol. The van der Waals surface area contributed by atoms with Crippen LogP contribution in [0.5, 0.6) is 0 Å². The van der Waals surface area contributed by atoms with Gasteiger partial charge < -0.3 is 16.0 Å². The topological polar surface area (TPSA) is 87.7 Å². The van der Waals surface area contributed by atoms with Gasteiger partial charge in [-0.15, -0.1) is 0 Å². The van der Waals surface area contributed by atoms with Crippen LogP contribution in [-0.2, 0) is 0 Å². The number of halogens is 3. The van der Waals surface area contributed by atoms with Crippen molar-refractivity contribution < 1.29 is 4.39 Å². The molecule has 1 aliphatic heterocycles. The minimum Gasteiger partial charge on any atom is -0.362 e. The fourth-order valence-electron chi connectivity index (χ4n) is 3.52. The highest BCUT2D eigenvalue weighted by Gasteiger charge is 2.23. The molecule has 0 radical (unpaired) electrons. The van der Waals surface area contributed by atoms with Crippen molar-refractivity contribution in [2.45, 2.75) is 13.0 Å². The lowest BCUT2D eigenvalue weighted by atomic mass is 10.0. The molecule has 2 aromatic carbocycles. The summed E-state index contributed by atoms with van der Waals surface area (Å²) in [5.74, 6) is 0.914. The Balaban J connectivity index is 1.66. The summed E-state index contributed by atoms with van der Waals surface area (Å²) in [5, 5.41) is 10.5. The Bertz CT molecular complexity index is 1310. The predicted octanol–water partition coefficient (Wildman–Crippen LogP) is 5.50. The second-order valence-electron chi connectivity index (χ2n) is 7.03. The molecule has 0 saturated carbocycles. The molecule has 5 rings (SSSR count). The molecule has 3 heterocycles. The van der Waals surface area contributed by atoms with Crippen molar-refractivity contribution in [2.75, 3.05) is 22.6 Å². The minimum atomic E-state index is -0.420. The number of rotatable bonds is 4. The Hall–Kier alpha value is -3.23. The van der Waals surface area contributed by atoms with Crippen LogP contribution in [-0.4, -0.2) is 26.6 Å². The second kappa shape index (κ2) is 7.79. The van der Waals surface area contributed by atoms with Crippen molar-refractivity contribution in [1.29, 1.82) is 0 Å². The zero-order valence-corrected chi connectivity index (χ0v) is 17.8. The van der Waals surface area contributed by atoms with Crippen LogP contribution in [0.1, 0.15) is 18.7 Å². The van der Waals surface area contributed by atoms with E-state index in [-0.39, 0.29) is 6.04 Å². The monoisotopic (exact) mass is 455 g/mol. The van der Waals surface area contributed by atoms with Gasteiger partial charge in [0.15, 0.2) is 11.6 Å². The lowest BCUT2D eigenvalue weighted by molar-refractivity contribution is 0.628. The molecule has 1 unspecified atom stereocenters. The smallest absolute Gasteiger partial charge is 0.156 e. The molecule has 31 heavy (non-hydrogen) atoms. The fraction of sp³-hybridized carbons (Fsp3) is 0.143. The molecular formula is C21H16Cl2FN7. The third-order valence-corrected chi connectivity index (χ3v) is 5.62. The lowest BCUT2D eigenvalue weighted by Gasteiger charge is -2.19. The quantitative estimate of drug-likeness (QED) is 0.374. The summed E-state index contributed by atoms with van der Waals surface area (Å²) in [7, 11) is 0. The van der Waals surface area contributed by atoms with Gasteiger partial charge in [-0.25, -0.2) is 24.3 Å². The predicted molar refractivity (Wildman–Crippen MR) is 121 cm³/mol. The van der Waals surface area contributed by atoms with Crippen molar-refractivity contribution in [3.8, 4) is 11.3 Å². The van der Waals surface area contributed by atoms with E-state index in [0.29, 0.717) is 50.5 Å². The Morgan fingerprint density at radius 2 is 1.94 bits per heavy atom. The molecule has 0 bridgehead atoms. The Morgan fingerprint density at radius 3 is 2.81 bits per heavy atom. The highest BCUT2D eigenvalue weighted by atomic mass is 35.5. The molecule has 0 fully saturated rings. The SMILES string of the molecule is CC(Nc1ncnc2c1NCN2)c1nc2cccc(Cl)c2nc1-c1cc(F)ccc1Cl. The Morgan fingerprint density at radius 1 is 1.06 bits per heavy atom. The van der Waals surface area contributed by atoms with Gasteiger partial charge in [0.05, 0.1) is 39.7 Å². The van der Waals surface area contributed by atoms with Gasteiger partial charge in [-0.1, -0.05) is 29.3 Å². The fourth-order valence-corrected chi connectivity index (χ4v) is 3.94. The van der Waals surface area contributed by atoms with E-state index in [1.54, 1.807) is 6.07 Å². The van der Waals surface area contributed by atoms with Crippen LogP contribution < -0.4 is 16.0 Å². The number of hydrogen-bond donors (Lipinski definition) is 3. The molecule has 1 atom stereocenters. The molecule has 1 aliphatic rings. The van der Waals surface area contributed by atoms with Crippen LogP contribution in [0.4, 0.5) is 21.7 Å². The first-order valence-corrected chi connectivity index (χ1v) is 10.3. The van der Waals surface area contributed by atoms with Crippen LogP contribution in [0, 0.1) is 5.82 Å². The number of anilines is 3. The zero-order chi connectivity index (χ0) is 21.5. The largest absolute Gasteiger partial charge is 0.362 e. The van der Waals surface area contributed by atoms with E-state index in [1.165, 1.54) is 24.5 Å². The Kier molecular flexibility index (Phi) is 4.95. The minimum absolute atomic E-state index is 0.341. The van der Waals surface area contributed by atoms with Crippen molar-refractivity contribution in [2.24, 2.45) is 0 Å². The highest BCUT2D eigenvalue weighted by Crippen LogP contribution is 2.37. The van der Waals surface area contributed by atoms with Gasteiger partial charge in [-0.2, -0.15) is 0 Å². The van der Waals surface area contributed by atoms with E-state index in [4.69, 9.17) is 33.2 Å². The van der Waals surface area contributed by atoms with Gasteiger partial charge in [-0.05, 0) is 37.3 Å². The first-order valence-electron chi connectivity index (χ1n) is 9.52. The van der Waals surface area contributed by atoms with Gasteiger partial charge in [-0.3, -0.25) is 0 Å². The lowest BCUT2D eigenvalue weighted by Crippen LogP contribution is -2.14. The number of aromatic nitrogens is 4. The van der Waals surface area contributed by atoms with E-state index in [1.807, 2.05) is 19.1 Å². The van der Waals surface area contributed by atoms with Crippen molar-refractivity contribution in [1.82, 2.24) is 19.9 Å². The summed E-state index contributed by atoms with van der Waals surface area (Å²) in [6, 6.07) is 9.18. The zero-order valence-electron chi connectivity index (χ0n) is 16.2. The van der Waals surface area contributed by atoms with E-state index < -0.39 is 5.82 Å². The van der Waals surface area contributed by atoms with E-state index in [2.05, 4.69) is 25.9 Å². The third-order valence-electron chi connectivity index (χ3n) is 4.99. The van der Waals surface area contributed by atoms with Gasteiger partial charge in [0.25, 0.3) is 0 Å². The summed E-state index contributed by atoms with van der Waals surface area (Å²) in [4.78, 5) is 18.1. The van der Waals surface area contributed by atoms with Crippen molar-refractivity contribution >= 4 is 51.6 Å². The summed E-state index contributed by atoms with van der Waals surface area (Å²) >= 11 is 12.8. The maximum atomic E-state index is 14.1. The summed E-state index contributed by atoms with van der Waals surface area (Å²) in [6.07, 6.45) is 1.48. The molecule has 10 heteroatoms. The molecule has 0 aliphatic carbocycles. The van der Waals surface area contributed by atoms with E-state index in [0.717, 1.165) is 11.5 Å². The number of benzene rings is 2. The third kappa shape index (κ3) is 3.58. The molecule has 0 amide bonds. The van der Waals surface area contributed by atoms with E-state index >= 15 is 0 Å². The molecule has 7 nitrogen and oxygen atoms in total. The second-order valence-corrected chi connectivity index (χ2v) is 7.85. The average molecular weight is 456 g/mol. The van der Waals surface area contributed by atoms with Crippen molar-refractivity contribution in [3.63, 3.8) is 0 Å². The maximum Gasteiger partial charge on any atom is 0.156 e. The number of nitrogens with zero attached hydrogens (tertiary/aromatic N) is 4. The molecule has 4 aromatic rings. The van der Waals surface area contributed by atoms with Gasteiger partial charge >= 0.3 is 0 Å². The Labute approximate surface area is 187 Å². The normalized spacial score (nSPS) is 13.4. The number of fused-ring (bicyclic) bond motifs is 2. The van der Waals surface area contributed by atoms with Crippen LogP contribution in [0.3, 0.4) is 0 Å². The molecule has 0 saturated heterocycles. The number of hydrogen-bond acceptors (Lipinski definition) is 7. The first kappa shape index (κ1) is 19.7. The number of nitrogens with one attached hydrogen (secondary N) is 3. The summed E-state index contributed by atoms with van der Waals surface area (Å²) in [6.45, 7) is 2.49. The first-order chi connectivity index (χ1) is 15.0. The highest BCUT2D eigenvalue weighted by molar-refractivity contribution is 6.35. The van der Waals surface area contributed by atoms with Crippen LogP contribution in [0.25, 0.3) is 22.3 Å². The van der Waals surface area contributed by atoms with Crippen molar-refractivity contribution in [3.05, 3.63) is 64.3 Å². The molecule has 2 aromatic heterocycles. The van der Waals surface area contributed by atoms with Gasteiger partial charge in [0.1, 0.15) is 23.3 Å². The molecule has 156 valence electrons. The summed E-state index contributed by atoms with van der Waals surface area (Å²) in [5.41, 5.74) is 3.38. The van der Waals surface area contributed by atoms with Crippen LogP contribution >= 0.6 is 23.2 Å². The van der Waals surface area contributed by atoms with E-state index in [9.17, 15) is 4.39 Å². The maximum absolute atomic E-state index is 14.1. The summed E-state index contributed by atoms with van der Waals surface area (Å²) < 4.78 is 14.1. The molecule has 0 spiro atoms. The van der Waals surface area contributed by atoms with Gasteiger partial charge in [0, 0.05) is 5.56 Å². The standard InChI is InChI=1S/C21H16Cl2FN7/c1-10(29-21-19-20(26-8-25-19)27-9-28-21)16-17(12-7-11(24)5-6-13(12)22)31-18-14(23)3-2-4-15(18)30-16/h2-7,9-10,25H,8H2,1H3,(H2,26,27,28,29). The number of para-hydroxylation sites is 1. The van der Waals surface area contributed by atoms with Gasteiger partial charge in [0.2, 0.25) is 0 Å². The van der Waals surface area contributed by atoms with Crippen LogP contribution in [0.15, 0.2) is 42.7 Å². The van der Waals surface area contributed by atoms with Crippen LogP contribution in [0.2, 0.25) is 10.0 Å². The molecule has 3 N–H and O–H groups in total.